The summed E-state index contributed by atoms with van der Waals surface area (Å²) < 4.78 is 0. The van der Waals surface area contributed by atoms with Crippen LogP contribution in [0.1, 0.15) is 29.2 Å². The van der Waals surface area contributed by atoms with E-state index < -0.39 is 0 Å². The van der Waals surface area contributed by atoms with E-state index in [1.807, 2.05) is 0 Å². The molecular weight excluding hydrogens is 733 g/mol. The number of hydrogen-bond acceptors (Lipinski definition) is 0. The average Bonchev–Trinajstić information content (AvgIpc) is 4.10. The van der Waals surface area contributed by atoms with Gasteiger partial charge in [0.05, 0.1) is 5.92 Å². The fourth-order valence-electron chi connectivity index (χ4n) is 23.2. The summed E-state index contributed by atoms with van der Waals surface area (Å²) in [4.78, 5) is 0. The molecule has 0 aromatic heterocycles. The molecule has 0 N–H and O–H groups in total. The summed E-state index contributed by atoms with van der Waals surface area (Å²) in [5, 5.41) is 90.4. The summed E-state index contributed by atoms with van der Waals surface area (Å²) >= 11 is 0. The maximum Gasteiger partial charge on any atom is 0.0513 e. The largest absolute Gasteiger partial charge is 0.0513 e. The lowest BCUT2D eigenvalue weighted by Gasteiger charge is -2.40. The van der Waals surface area contributed by atoms with E-state index in [4.69, 9.17) is 0 Å². The van der Waals surface area contributed by atoms with Gasteiger partial charge in [-0.15, -0.1) is 0 Å². The van der Waals surface area contributed by atoms with E-state index >= 15 is 0 Å². The monoisotopic (exact) mass is 735 g/mol. The van der Waals surface area contributed by atoms with Crippen LogP contribution in [0, 0.1) is 5.92 Å². The third-order valence-electron chi connectivity index (χ3n) is 23.2. The van der Waals surface area contributed by atoms with Crippen molar-refractivity contribution in [2.75, 3.05) is 0 Å². The maximum absolute atomic E-state index is 2.79. The Morgan fingerprint density at radius 1 is 0.148 bits per heavy atom. The zero-order valence-corrected chi connectivity index (χ0v) is 31.0. The molecule has 0 amide bonds. The summed E-state index contributed by atoms with van der Waals surface area (Å²) in [6, 6.07) is 0. The van der Waals surface area contributed by atoms with Crippen molar-refractivity contribution in [2.24, 2.45) is 0 Å². The molecule has 1 unspecified atom stereocenters. The van der Waals surface area contributed by atoms with Crippen LogP contribution >= 0.6 is 0 Å². The van der Waals surface area contributed by atoms with E-state index in [0.717, 1.165) is 0 Å². The van der Waals surface area contributed by atoms with E-state index in [0.29, 0.717) is 0 Å². The van der Waals surface area contributed by atoms with Crippen molar-refractivity contribution < 1.29 is 0 Å². The molecule has 0 saturated heterocycles. The molecule has 61 heavy (non-hydrogen) atoms. The van der Waals surface area contributed by atoms with Gasteiger partial charge in [0.15, 0.2) is 0 Å². The fourth-order valence-corrected chi connectivity index (χ4v) is 23.2. The lowest BCUT2D eigenvalue weighted by atomic mass is 9.60. The molecule has 0 heterocycles. The first-order valence-electron chi connectivity index (χ1n) is 23.0. The molecule has 4 aliphatic rings. The van der Waals surface area contributed by atoms with Crippen LogP contribution in [0.4, 0.5) is 0 Å². The Balaban J connectivity index is 1.34. The van der Waals surface area contributed by atoms with Gasteiger partial charge in [-0.05, 0) is 313 Å². The Labute approximate surface area is 329 Å². The van der Waals surface area contributed by atoms with Gasteiger partial charge in [0.25, 0.3) is 0 Å². The van der Waals surface area contributed by atoms with Gasteiger partial charge in [-0.1, -0.05) is 6.92 Å². The van der Waals surface area contributed by atoms with Crippen LogP contribution < -0.4 is 0 Å². The first kappa shape index (κ1) is 21.1. The Kier molecular flexibility index (Phi) is 1.56. The number of rotatable bonds is 0. The number of hydrogen-bond donors (Lipinski definition) is 0. The minimum atomic E-state index is -0.175. The average molecular weight is 736 g/mol. The van der Waals surface area contributed by atoms with E-state index in [2.05, 4.69) is 6.92 Å². The van der Waals surface area contributed by atoms with Gasteiger partial charge in [0, 0.05) is 5.41 Å². The van der Waals surface area contributed by atoms with Crippen LogP contribution in [0.25, 0.3) is 291 Å². The molecule has 0 heteroatoms. The second kappa shape index (κ2) is 4.51. The standard InChI is InChI=1S/C61H3/c1-61-58-54-48-34-26-18-6-3-2-4-7(6)19-21-17-11(4)13-9-5(2)8-12-10(3)16-20(18)32(34)40-38-24(16)22(12)30-28-14(8)15(9)29-31-23(13)25(17)39-41-33(21)35(27(19)26)49(48)55(58)51(41)53-45(39)43(31)47-37(29)36(28)46-42(30)44(38)52(50(40)54)59(61)56(46)57(47)60(53)61/h1H3. The molecule has 0 aliphatic heterocycles. The van der Waals surface area contributed by atoms with Gasteiger partial charge in [0.2, 0.25) is 0 Å². The van der Waals surface area contributed by atoms with Gasteiger partial charge in [-0.3, -0.25) is 0 Å². The molecule has 0 spiro atoms. The van der Waals surface area contributed by atoms with Gasteiger partial charge < -0.3 is 0 Å². The Morgan fingerprint density at radius 3 is 0.557 bits per heavy atom. The van der Waals surface area contributed by atoms with Crippen LogP contribution in [-0.4, -0.2) is 0 Å². The zero-order valence-electron chi connectivity index (χ0n) is 31.0. The maximum atomic E-state index is 2.79. The summed E-state index contributed by atoms with van der Waals surface area (Å²) in [6.45, 7) is 2.79. The van der Waals surface area contributed by atoms with Crippen molar-refractivity contribution in [1.82, 2.24) is 0 Å². The van der Waals surface area contributed by atoms with Gasteiger partial charge >= 0.3 is 0 Å². The minimum Gasteiger partial charge on any atom is -0.0501 e. The van der Waals surface area contributed by atoms with Crippen LogP contribution in [-0.2, 0) is 5.41 Å². The second-order valence-electron chi connectivity index (χ2n) is 23.2. The molecular formula is C61H3. The van der Waals surface area contributed by atoms with E-state index in [-0.39, 0.29) is 5.41 Å². The topological polar surface area (TPSA) is 0 Å². The molecule has 32 rings (SSSR count). The Bertz CT molecular complexity index is 6930. The summed E-state index contributed by atoms with van der Waals surface area (Å²) in [5.74, 6) is 1.73. The molecule has 0 fully saturated rings. The normalized spacial score (nSPS) is 21.2. The zero-order chi connectivity index (χ0) is 35.6. The third-order valence-corrected chi connectivity index (χ3v) is 23.2. The van der Waals surface area contributed by atoms with Gasteiger partial charge in [0.1, 0.15) is 0 Å². The van der Waals surface area contributed by atoms with Crippen molar-refractivity contribution in [3.05, 3.63) is 28.2 Å². The van der Waals surface area contributed by atoms with Crippen molar-refractivity contribution in [1.29, 1.82) is 0 Å². The third kappa shape index (κ3) is 1.04. The van der Waals surface area contributed by atoms with E-state index in [1.165, 1.54) is 0 Å². The highest BCUT2D eigenvalue weighted by Gasteiger charge is 2.61. The highest BCUT2D eigenvalue weighted by atomic mass is 14.6. The lowest BCUT2D eigenvalue weighted by Crippen LogP contribution is -2.33. The fraction of sp³-hybridized carbons (Fsp3) is 0.0328. The van der Waals surface area contributed by atoms with Crippen LogP contribution in [0.5, 0.6) is 0 Å². The van der Waals surface area contributed by atoms with Crippen molar-refractivity contribution in [3.63, 3.8) is 0 Å². The predicted molar refractivity (Wildman–Crippen MR) is 260 cm³/mol. The molecule has 4 aliphatic carbocycles. The van der Waals surface area contributed by atoms with Crippen molar-refractivity contribution in [2.45, 2.75) is 12.3 Å². The Morgan fingerprint density at radius 2 is 0.279 bits per heavy atom. The molecule has 28 aromatic carbocycles. The summed E-state index contributed by atoms with van der Waals surface area (Å²) in [6.07, 6.45) is 0. The lowest BCUT2D eigenvalue weighted by molar-refractivity contribution is 0.666. The van der Waals surface area contributed by atoms with Crippen molar-refractivity contribution in [3.8, 4) is 0 Å². The van der Waals surface area contributed by atoms with Gasteiger partial charge in [-0.2, -0.15) is 0 Å². The first-order valence-corrected chi connectivity index (χ1v) is 23.0. The minimum absolute atomic E-state index is 0.175. The summed E-state index contributed by atoms with van der Waals surface area (Å²) in [5.41, 5.74) is 6.68. The van der Waals surface area contributed by atoms with Gasteiger partial charge in [-0.25, -0.2) is 0 Å². The molecule has 247 valence electrons. The SMILES string of the molecule is CC12[C]3c4c5c1c1c6c7c2c2c8c3c3c9c4c4c%10c5c5c1c1c6c6c%11c7c2c2c7c8c3c3c8c9c4c4c9c%10c5c5c1c1c6c6c%11c2c2c7c3c3c8c4c4c9c5c1c1c6c2c3c41. The molecule has 1 radical (unpaired) electrons. The van der Waals surface area contributed by atoms with Crippen LogP contribution in [0.15, 0.2) is 0 Å². The predicted octanol–water partition coefficient (Wildman–Crippen LogP) is 17.0. The molecule has 0 nitrogen and oxygen atoms in total. The molecule has 0 bridgehead atoms. The second-order valence-corrected chi connectivity index (χ2v) is 23.2. The van der Waals surface area contributed by atoms with Crippen LogP contribution in [0.3, 0.4) is 0 Å². The first-order chi connectivity index (χ1) is 30.4. The molecule has 1 atom stereocenters. The smallest absolute Gasteiger partial charge is 0.0501 e. The number of benzene rings is 17. The van der Waals surface area contributed by atoms with E-state index in [9.17, 15) is 0 Å². The molecule has 28 aromatic rings. The van der Waals surface area contributed by atoms with Crippen LogP contribution in [0.2, 0.25) is 0 Å². The summed E-state index contributed by atoms with van der Waals surface area (Å²) in [7, 11) is 0. The highest BCUT2D eigenvalue weighted by molar-refractivity contribution is 6.82. The van der Waals surface area contributed by atoms with Crippen molar-refractivity contribution >= 4 is 291 Å². The van der Waals surface area contributed by atoms with E-state index in [1.54, 1.807) is 319 Å². The Hall–Kier alpha value is -7.54. The quantitative estimate of drug-likeness (QED) is 0.136. The molecule has 0 saturated carbocycles. The highest BCUT2D eigenvalue weighted by Crippen LogP contribution is 2.83.